The highest BCUT2D eigenvalue weighted by Gasteiger charge is 2.28. The first-order valence-electron chi connectivity index (χ1n) is 10.1. The summed E-state index contributed by atoms with van der Waals surface area (Å²) in [6.07, 6.45) is 5.88. The van der Waals surface area contributed by atoms with Crippen LogP contribution in [0.1, 0.15) is 43.7 Å². The summed E-state index contributed by atoms with van der Waals surface area (Å²) < 4.78 is 5.53. The fourth-order valence-electron chi connectivity index (χ4n) is 3.96. The zero-order chi connectivity index (χ0) is 17.8. The Balaban J connectivity index is 1.32. The first-order valence-corrected chi connectivity index (χ1v) is 10.1. The largest absolute Gasteiger partial charge is 0.389 e. The Morgan fingerprint density at radius 1 is 1.19 bits per heavy atom. The number of rotatable bonds is 8. The van der Waals surface area contributed by atoms with Crippen LogP contribution in [0.25, 0.3) is 0 Å². The summed E-state index contributed by atoms with van der Waals surface area (Å²) in [7, 11) is 0. The number of nitrogens with zero attached hydrogens (tertiary/aromatic N) is 4. The van der Waals surface area contributed by atoms with Crippen molar-refractivity contribution in [2.24, 2.45) is 0 Å². The first kappa shape index (κ1) is 17.9. The van der Waals surface area contributed by atoms with Crippen LogP contribution >= 0.6 is 0 Å². The second-order valence-corrected chi connectivity index (χ2v) is 7.78. The molecule has 4 heterocycles. The van der Waals surface area contributed by atoms with Crippen LogP contribution in [0.4, 0.5) is 11.8 Å². The lowest BCUT2D eigenvalue weighted by Crippen LogP contribution is -2.51. The minimum Gasteiger partial charge on any atom is -0.389 e. The van der Waals surface area contributed by atoms with E-state index < -0.39 is 0 Å². The van der Waals surface area contributed by atoms with Gasteiger partial charge in [-0.05, 0) is 51.7 Å². The molecule has 0 amide bonds. The van der Waals surface area contributed by atoms with Crippen LogP contribution in [-0.2, 0) is 4.74 Å². The SMILES string of the molecule is OC1CN(c2nc(NCCCCN3CCCC3)cc([C@@H]3CCOC3)n2)C1. The molecule has 0 unspecified atom stereocenters. The highest BCUT2D eigenvalue weighted by Crippen LogP contribution is 2.28. The van der Waals surface area contributed by atoms with Gasteiger partial charge in [-0.25, -0.2) is 4.98 Å². The fourth-order valence-corrected chi connectivity index (χ4v) is 3.96. The summed E-state index contributed by atoms with van der Waals surface area (Å²) in [5.41, 5.74) is 1.06. The molecule has 1 aromatic heterocycles. The number of likely N-dealkylation sites (tertiary alicyclic amines) is 1. The van der Waals surface area contributed by atoms with Gasteiger partial charge in [-0.2, -0.15) is 4.98 Å². The number of aromatic nitrogens is 2. The number of unbranched alkanes of at least 4 members (excludes halogenated alkanes) is 1. The normalized spacial score (nSPS) is 24.2. The van der Waals surface area contributed by atoms with E-state index in [2.05, 4.69) is 21.3 Å². The molecule has 7 heteroatoms. The van der Waals surface area contributed by atoms with E-state index in [1.807, 2.05) is 4.90 Å². The van der Waals surface area contributed by atoms with Gasteiger partial charge in [0.15, 0.2) is 0 Å². The van der Waals surface area contributed by atoms with Crippen molar-refractivity contribution in [1.29, 1.82) is 0 Å². The third-order valence-corrected chi connectivity index (χ3v) is 5.63. The molecule has 0 aliphatic carbocycles. The van der Waals surface area contributed by atoms with Gasteiger partial charge in [0, 0.05) is 38.2 Å². The van der Waals surface area contributed by atoms with Crippen LogP contribution in [0.5, 0.6) is 0 Å². The third kappa shape index (κ3) is 4.45. The molecule has 1 atom stereocenters. The Bertz CT molecular complexity index is 581. The molecule has 1 aromatic rings. The summed E-state index contributed by atoms with van der Waals surface area (Å²) in [5, 5.41) is 13.1. The van der Waals surface area contributed by atoms with E-state index >= 15 is 0 Å². The van der Waals surface area contributed by atoms with Crippen LogP contribution in [-0.4, -0.2) is 78.6 Å². The molecular formula is C19H31N5O2. The summed E-state index contributed by atoms with van der Waals surface area (Å²) in [6, 6.07) is 2.08. The minimum absolute atomic E-state index is 0.251. The van der Waals surface area contributed by atoms with Crippen LogP contribution in [0, 0.1) is 0 Å². The van der Waals surface area contributed by atoms with Crippen molar-refractivity contribution in [3.63, 3.8) is 0 Å². The van der Waals surface area contributed by atoms with Crippen LogP contribution in [0.2, 0.25) is 0 Å². The number of aliphatic hydroxyl groups is 1. The average molecular weight is 361 g/mol. The third-order valence-electron chi connectivity index (χ3n) is 5.63. The molecule has 144 valence electrons. The molecule has 7 nitrogen and oxygen atoms in total. The molecule has 26 heavy (non-hydrogen) atoms. The molecule has 3 aliphatic heterocycles. The predicted molar refractivity (Wildman–Crippen MR) is 102 cm³/mol. The monoisotopic (exact) mass is 361 g/mol. The maximum atomic E-state index is 9.58. The molecular weight excluding hydrogens is 330 g/mol. The lowest BCUT2D eigenvalue weighted by atomic mass is 10.0. The molecule has 3 aliphatic rings. The number of hydrogen-bond donors (Lipinski definition) is 2. The molecule has 3 fully saturated rings. The van der Waals surface area contributed by atoms with E-state index in [0.29, 0.717) is 19.0 Å². The van der Waals surface area contributed by atoms with Crippen molar-refractivity contribution >= 4 is 11.8 Å². The maximum absolute atomic E-state index is 9.58. The molecule has 0 aromatic carbocycles. The van der Waals surface area contributed by atoms with Crippen molar-refractivity contribution in [1.82, 2.24) is 14.9 Å². The Kier molecular flexibility index (Phi) is 5.87. The smallest absolute Gasteiger partial charge is 0.227 e. The van der Waals surface area contributed by atoms with Crippen LogP contribution < -0.4 is 10.2 Å². The highest BCUT2D eigenvalue weighted by molar-refractivity contribution is 5.46. The average Bonchev–Trinajstić information content (AvgIpc) is 3.32. The lowest BCUT2D eigenvalue weighted by molar-refractivity contribution is 0.140. The molecule has 0 spiro atoms. The van der Waals surface area contributed by atoms with Gasteiger partial charge < -0.3 is 25.0 Å². The van der Waals surface area contributed by atoms with Crippen molar-refractivity contribution in [3.8, 4) is 0 Å². The number of ether oxygens (including phenoxy) is 1. The van der Waals surface area contributed by atoms with E-state index in [0.717, 1.165) is 50.1 Å². The van der Waals surface area contributed by atoms with E-state index in [4.69, 9.17) is 9.72 Å². The number of anilines is 2. The van der Waals surface area contributed by atoms with Crippen molar-refractivity contribution in [3.05, 3.63) is 11.8 Å². The predicted octanol–water partition coefficient (Wildman–Crippen LogP) is 1.45. The first-order chi connectivity index (χ1) is 12.8. The summed E-state index contributed by atoms with van der Waals surface area (Å²) in [5.74, 6) is 2.00. The Morgan fingerprint density at radius 2 is 2.04 bits per heavy atom. The van der Waals surface area contributed by atoms with Crippen LogP contribution in [0.3, 0.4) is 0 Å². The lowest BCUT2D eigenvalue weighted by Gasteiger charge is -2.36. The number of nitrogens with one attached hydrogen (secondary N) is 1. The van der Waals surface area contributed by atoms with E-state index in [1.54, 1.807) is 0 Å². The maximum Gasteiger partial charge on any atom is 0.227 e. The van der Waals surface area contributed by atoms with Gasteiger partial charge >= 0.3 is 0 Å². The fraction of sp³-hybridized carbons (Fsp3) is 0.789. The quantitative estimate of drug-likeness (QED) is 0.679. The number of hydrogen-bond acceptors (Lipinski definition) is 7. The molecule has 2 N–H and O–H groups in total. The molecule has 0 bridgehead atoms. The van der Waals surface area contributed by atoms with E-state index in [-0.39, 0.29) is 6.10 Å². The molecule has 4 rings (SSSR count). The minimum atomic E-state index is -0.251. The summed E-state index contributed by atoms with van der Waals surface area (Å²) in [6.45, 7) is 7.51. The second kappa shape index (κ2) is 8.50. The molecule has 3 saturated heterocycles. The number of β-amino-alcohol motifs (C(OH)–C–C–N with tert-alkyl or cyclic N) is 1. The second-order valence-electron chi connectivity index (χ2n) is 7.78. The number of aliphatic hydroxyl groups excluding tert-OH is 1. The highest BCUT2D eigenvalue weighted by atomic mass is 16.5. The van der Waals surface area contributed by atoms with Gasteiger partial charge in [-0.1, -0.05) is 0 Å². The Hall–Kier alpha value is -1.44. The van der Waals surface area contributed by atoms with Gasteiger partial charge in [0.05, 0.1) is 18.4 Å². The molecule has 0 saturated carbocycles. The zero-order valence-corrected chi connectivity index (χ0v) is 15.6. The van der Waals surface area contributed by atoms with E-state index in [1.165, 1.54) is 38.9 Å². The van der Waals surface area contributed by atoms with Gasteiger partial charge in [-0.15, -0.1) is 0 Å². The van der Waals surface area contributed by atoms with Crippen molar-refractivity contribution in [2.45, 2.75) is 44.1 Å². The van der Waals surface area contributed by atoms with Crippen molar-refractivity contribution < 1.29 is 9.84 Å². The standard InChI is InChI=1S/C19H31N5O2/c25-16-12-24(13-16)19-21-17(15-5-10-26-14-15)11-18(22-19)20-6-1-2-7-23-8-3-4-9-23/h11,15-16,25H,1-10,12-14H2,(H,20,21,22)/t15-/m1/s1. The van der Waals surface area contributed by atoms with Gasteiger partial charge in [0.25, 0.3) is 0 Å². The van der Waals surface area contributed by atoms with E-state index in [9.17, 15) is 5.11 Å². The van der Waals surface area contributed by atoms with Gasteiger partial charge in [-0.3, -0.25) is 0 Å². The molecule has 0 radical (unpaired) electrons. The van der Waals surface area contributed by atoms with Crippen LogP contribution in [0.15, 0.2) is 6.07 Å². The summed E-state index contributed by atoms with van der Waals surface area (Å²) >= 11 is 0. The van der Waals surface area contributed by atoms with Gasteiger partial charge in [0.1, 0.15) is 5.82 Å². The zero-order valence-electron chi connectivity index (χ0n) is 15.6. The Labute approximate surface area is 155 Å². The van der Waals surface area contributed by atoms with Crippen molar-refractivity contribution in [2.75, 3.05) is 62.7 Å². The Morgan fingerprint density at radius 3 is 2.77 bits per heavy atom. The van der Waals surface area contributed by atoms with Gasteiger partial charge in [0.2, 0.25) is 5.95 Å². The topological polar surface area (TPSA) is 73.8 Å². The summed E-state index contributed by atoms with van der Waals surface area (Å²) in [4.78, 5) is 14.0.